The maximum absolute atomic E-state index is 6.43. The molecule has 1 unspecified atom stereocenters. The van der Waals surface area contributed by atoms with Gasteiger partial charge in [0.15, 0.2) is 0 Å². The molecule has 0 amide bonds. The highest BCUT2D eigenvalue weighted by Crippen LogP contribution is 2.27. The van der Waals surface area contributed by atoms with Crippen LogP contribution in [0.4, 0.5) is 0 Å². The summed E-state index contributed by atoms with van der Waals surface area (Å²) < 4.78 is 11.5. The summed E-state index contributed by atoms with van der Waals surface area (Å²) in [5, 5.41) is 7.03. The van der Waals surface area contributed by atoms with Gasteiger partial charge in [-0.1, -0.05) is 25.7 Å². The molecule has 0 aromatic carbocycles. The van der Waals surface area contributed by atoms with Gasteiger partial charge in [-0.05, 0) is 37.8 Å². The minimum absolute atomic E-state index is 0.0482. The predicted molar refractivity (Wildman–Crippen MR) is 126 cm³/mol. The van der Waals surface area contributed by atoms with E-state index >= 15 is 0 Å². The van der Waals surface area contributed by atoms with Crippen LogP contribution in [0, 0.1) is 12.8 Å². The quantitative estimate of drug-likeness (QED) is 0.191. The first-order chi connectivity index (χ1) is 15.3. The second-order valence-electron chi connectivity index (χ2n) is 8.75. The fourth-order valence-electron chi connectivity index (χ4n) is 4.25. The van der Waals surface area contributed by atoms with Crippen LogP contribution in [-0.2, 0) is 4.74 Å². The molecule has 10 nitrogen and oxygen atoms in total. The number of aromatic nitrogens is 1. The number of hydrazine groups is 2. The fourth-order valence-corrected chi connectivity index (χ4v) is 4.25. The molecule has 32 heavy (non-hydrogen) atoms. The van der Waals surface area contributed by atoms with E-state index in [1.54, 1.807) is 7.05 Å². The third kappa shape index (κ3) is 6.72. The topological polar surface area (TPSA) is 154 Å². The van der Waals surface area contributed by atoms with E-state index in [0.717, 1.165) is 37.3 Å². The highest BCUT2D eigenvalue weighted by molar-refractivity contribution is 5.80. The molecule has 0 bridgehead atoms. The van der Waals surface area contributed by atoms with Crippen molar-refractivity contribution >= 4 is 11.5 Å². The van der Waals surface area contributed by atoms with E-state index in [1.165, 1.54) is 35.8 Å². The molecule has 3 rings (SSSR count). The van der Waals surface area contributed by atoms with Crippen LogP contribution in [0.15, 0.2) is 22.9 Å². The molecule has 2 fully saturated rings. The van der Waals surface area contributed by atoms with Crippen molar-refractivity contribution in [3.63, 3.8) is 0 Å². The first-order valence-electron chi connectivity index (χ1n) is 11.4. The standard InChI is InChI=1S/C22H38N8O2/c1-15-20(32-17-8-5-11-31-14-17)10-9-18(27-15)22(24)19(29(2)25)13-30(26)28-21(23)12-16-6-3-4-7-16/h9-10,16-17H,3-8,11-14,24-26H2,1-2H3,(H2,23,28)/b22-19-. The van der Waals surface area contributed by atoms with E-state index in [0.29, 0.717) is 35.4 Å². The number of hydrazone groups is 1. The SMILES string of the molecule is Cc1nc(/C(N)=C(\CN(N)/N=C(\N)CC2CCCC2)N(C)N)ccc1OC1CCCOC1. The summed E-state index contributed by atoms with van der Waals surface area (Å²) in [6.07, 6.45) is 7.70. The number of hydrogen-bond donors (Lipinski definition) is 4. The second-order valence-corrected chi connectivity index (χ2v) is 8.75. The van der Waals surface area contributed by atoms with Gasteiger partial charge >= 0.3 is 0 Å². The van der Waals surface area contributed by atoms with Gasteiger partial charge in [-0.15, -0.1) is 5.10 Å². The lowest BCUT2D eigenvalue weighted by Gasteiger charge is -2.25. The van der Waals surface area contributed by atoms with E-state index in [4.69, 9.17) is 32.6 Å². The molecule has 178 valence electrons. The summed E-state index contributed by atoms with van der Waals surface area (Å²) >= 11 is 0. The van der Waals surface area contributed by atoms with Gasteiger partial charge < -0.3 is 25.9 Å². The van der Waals surface area contributed by atoms with Gasteiger partial charge in [0, 0.05) is 20.1 Å². The molecule has 8 N–H and O–H groups in total. The summed E-state index contributed by atoms with van der Waals surface area (Å²) in [5.74, 6) is 14.0. The van der Waals surface area contributed by atoms with E-state index < -0.39 is 0 Å². The Bertz CT molecular complexity index is 814. The van der Waals surface area contributed by atoms with Crippen molar-refractivity contribution in [3.8, 4) is 5.75 Å². The third-order valence-electron chi connectivity index (χ3n) is 6.00. The molecule has 0 spiro atoms. The molecule has 0 radical (unpaired) electrons. The number of amidine groups is 1. The lowest BCUT2D eigenvalue weighted by Crippen LogP contribution is -2.38. The molecule has 1 saturated heterocycles. The molecular formula is C22H38N8O2. The van der Waals surface area contributed by atoms with Gasteiger partial charge in [-0.2, -0.15) is 0 Å². The zero-order valence-electron chi connectivity index (χ0n) is 19.3. The van der Waals surface area contributed by atoms with Gasteiger partial charge in [0.05, 0.1) is 35.9 Å². The molecule has 1 aromatic heterocycles. The summed E-state index contributed by atoms with van der Waals surface area (Å²) in [7, 11) is 1.70. The van der Waals surface area contributed by atoms with Gasteiger partial charge in [-0.25, -0.2) is 21.8 Å². The van der Waals surface area contributed by atoms with Crippen LogP contribution in [0.3, 0.4) is 0 Å². The summed E-state index contributed by atoms with van der Waals surface area (Å²) in [4.78, 5) is 4.63. The Morgan fingerprint density at radius 1 is 1.19 bits per heavy atom. The van der Waals surface area contributed by atoms with Crippen LogP contribution in [0.25, 0.3) is 5.70 Å². The smallest absolute Gasteiger partial charge is 0.141 e. The normalized spacial score (nSPS) is 20.8. The van der Waals surface area contributed by atoms with Crippen LogP contribution in [0.2, 0.25) is 0 Å². The average molecular weight is 447 g/mol. The Kier molecular flexibility index (Phi) is 8.54. The van der Waals surface area contributed by atoms with Crippen molar-refractivity contribution in [2.45, 2.75) is 58.0 Å². The van der Waals surface area contributed by atoms with E-state index in [9.17, 15) is 0 Å². The molecule has 1 aliphatic carbocycles. The highest BCUT2D eigenvalue weighted by atomic mass is 16.5. The molecule has 1 aromatic rings. The molecule has 2 heterocycles. The zero-order chi connectivity index (χ0) is 23.1. The Morgan fingerprint density at radius 3 is 2.56 bits per heavy atom. The fraction of sp³-hybridized carbons (Fsp3) is 0.636. The monoisotopic (exact) mass is 446 g/mol. The molecule has 1 aliphatic heterocycles. The Hall–Kier alpha value is -2.56. The van der Waals surface area contributed by atoms with Crippen LogP contribution in [0.5, 0.6) is 5.75 Å². The summed E-state index contributed by atoms with van der Waals surface area (Å²) in [6, 6.07) is 3.70. The minimum Gasteiger partial charge on any atom is -0.486 e. The molecule has 1 atom stereocenters. The van der Waals surface area contributed by atoms with Crippen LogP contribution < -0.4 is 27.9 Å². The Balaban J connectivity index is 1.69. The lowest BCUT2D eigenvalue weighted by molar-refractivity contribution is 0.00697. The number of nitrogens with zero attached hydrogens (tertiary/aromatic N) is 4. The molecule has 2 aliphatic rings. The largest absolute Gasteiger partial charge is 0.486 e. The van der Waals surface area contributed by atoms with E-state index in [2.05, 4.69) is 10.1 Å². The van der Waals surface area contributed by atoms with Gasteiger partial charge in [0.1, 0.15) is 17.7 Å². The molecule has 1 saturated carbocycles. The van der Waals surface area contributed by atoms with Gasteiger partial charge in [0.2, 0.25) is 0 Å². The summed E-state index contributed by atoms with van der Waals surface area (Å²) in [5.41, 5.74) is 14.9. The first kappa shape index (κ1) is 24.1. The third-order valence-corrected chi connectivity index (χ3v) is 6.00. The number of hydrogen-bond acceptors (Lipinski definition) is 9. The number of pyridine rings is 1. The van der Waals surface area contributed by atoms with Crippen LogP contribution in [-0.4, -0.2) is 53.9 Å². The van der Waals surface area contributed by atoms with Gasteiger partial charge in [-0.3, -0.25) is 0 Å². The van der Waals surface area contributed by atoms with Crippen molar-refractivity contribution in [3.05, 3.63) is 29.2 Å². The van der Waals surface area contributed by atoms with Crippen LogP contribution in [0.1, 0.15) is 56.3 Å². The van der Waals surface area contributed by atoms with E-state index in [1.807, 2.05) is 19.1 Å². The second kappa shape index (κ2) is 11.3. The number of rotatable bonds is 9. The highest BCUT2D eigenvalue weighted by Gasteiger charge is 2.19. The van der Waals surface area contributed by atoms with Crippen LogP contribution >= 0.6 is 0 Å². The Morgan fingerprint density at radius 2 is 1.94 bits per heavy atom. The molecular weight excluding hydrogens is 408 g/mol. The first-order valence-corrected chi connectivity index (χ1v) is 11.4. The molecule has 10 heteroatoms. The van der Waals surface area contributed by atoms with Crippen molar-refractivity contribution in [1.29, 1.82) is 0 Å². The summed E-state index contributed by atoms with van der Waals surface area (Å²) in [6.45, 7) is 3.48. The minimum atomic E-state index is 0.0482. The maximum atomic E-state index is 6.43. The van der Waals surface area contributed by atoms with Gasteiger partial charge in [0.25, 0.3) is 0 Å². The van der Waals surface area contributed by atoms with Crippen molar-refractivity contribution in [2.24, 2.45) is 34.2 Å². The number of ether oxygens (including phenoxy) is 2. The lowest BCUT2D eigenvalue weighted by atomic mass is 10.0. The Labute approximate surface area is 190 Å². The van der Waals surface area contributed by atoms with Crippen molar-refractivity contribution in [2.75, 3.05) is 26.8 Å². The number of nitrogens with two attached hydrogens (primary N) is 4. The average Bonchev–Trinajstić information content (AvgIpc) is 3.26. The zero-order valence-corrected chi connectivity index (χ0v) is 19.3. The number of likely N-dealkylation sites (N-methyl/N-ethyl adjacent to an activating group) is 1. The van der Waals surface area contributed by atoms with Crippen molar-refractivity contribution < 1.29 is 9.47 Å². The number of aryl methyl sites for hydroxylation is 1. The predicted octanol–water partition coefficient (Wildman–Crippen LogP) is 1.41. The van der Waals surface area contributed by atoms with E-state index in [-0.39, 0.29) is 12.6 Å². The maximum Gasteiger partial charge on any atom is 0.141 e. The van der Waals surface area contributed by atoms with Crippen molar-refractivity contribution in [1.82, 2.24) is 15.1 Å².